The maximum absolute atomic E-state index is 10.5. The Hall–Kier alpha value is -2.95. The van der Waals surface area contributed by atoms with Crippen LogP contribution in [0.5, 0.6) is 23.0 Å². The quantitative estimate of drug-likeness (QED) is 0.384. The summed E-state index contributed by atoms with van der Waals surface area (Å²) in [4.78, 5) is 2.26. The molecule has 0 N–H and O–H groups in total. The van der Waals surface area contributed by atoms with Gasteiger partial charge in [0.2, 0.25) is 0 Å². The summed E-state index contributed by atoms with van der Waals surface area (Å²) >= 11 is 0. The Morgan fingerprint density at radius 2 is 1.40 bits per heavy atom. The van der Waals surface area contributed by atoms with Gasteiger partial charge in [0.1, 0.15) is 5.41 Å². The Morgan fingerprint density at radius 3 is 1.91 bits per heavy atom. The van der Waals surface area contributed by atoms with Gasteiger partial charge >= 0.3 is 0 Å². The summed E-state index contributed by atoms with van der Waals surface area (Å²) in [5, 5.41) is 10.5. The summed E-state index contributed by atoms with van der Waals surface area (Å²) < 4.78 is 27.6. The fraction of sp³-hybridized carbons (Fsp3) is 0.536. The molecule has 0 spiro atoms. The summed E-state index contributed by atoms with van der Waals surface area (Å²) in [6.45, 7) is 5.78. The second-order valence-corrected chi connectivity index (χ2v) is 8.96. The molecule has 2 aromatic carbocycles. The van der Waals surface area contributed by atoms with Gasteiger partial charge in [0.05, 0.1) is 40.6 Å². The van der Waals surface area contributed by atoms with E-state index in [1.54, 1.807) is 35.5 Å². The number of ether oxygens (including phenoxy) is 5. The molecule has 0 bridgehead atoms. The van der Waals surface area contributed by atoms with Crippen molar-refractivity contribution < 1.29 is 23.7 Å². The van der Waals surface area contributed by atoms with Crippen molar-refractivity contribution in [1.29, 1.82) is 5.26 Å². The minimum Gasteiger partial charge on any atom is -0.493 e. The van der Waals surface area contributed by atoms with Crippen molar-refractivity contribution in [3.8, 4) is 29.1 Å². The molecule has 0 saturated heterocycles. The van der Waals surface area contributed by atoms with Crippen LogP contribution in [-0.2, 0) is 16.6 Å². The molecular weight excluding hydrogens is 444 g/mol. The number of methoxy groups -OCH3 is 5. The van der Waals surface area contributed by atoms with Crippen LogP contribution in [0.3, 0.4) is 0 Å². The van der Waals surface area contributed by atoms with Crippen LogP contribution in [0.4, 0.5) is 0 Å². The molecule has 192 valence electrons. The van der Waals surface area contributed by atoms with Crippen LogP contribution >= 0.6 is 0 Å². The molecule has 2 rings (SSSR count). The van der Waals surface area contributed by atoms with E-state index in [0.29, 0.717) is 17.9 Å². The van der Waals surface area contributed by atoms with Gasteiger partial charge in [0.15, 0.2) is 23.0 Å². The molecule has 0 heterocycles. The van der Waals surface area contributed by atoms with Crippen LogP contribution in [0.15, 0.2) is 36.4 Å². The Morgan fingerprint density at radius 1 is 0.829 bits per heavy atom. The molecule has 35 heavy (non-hydrogen) atoms. The summed E-state index contributed by atoms with van der Waals surface area (Å²) in [7, 11) is 10.3. The molecule has 0 saturated carbocycles. The van der Waals surface area contributed by atoms with E-state index < -0.39 is 5.41 Å². The fourth-order valence-electron chi connectivity index (χ4n) is 4.59. The van der Waals surface area contributed by atoms with Gasteiger partial charge in [-0.1, -0.05) is 26.0 Å². The first-order valence-corrected chi connectivity index (χ1v) is 11.9. The first-order chi connectivity index (χ1) is 16.8. The van der Waals surface area contributed by atoms with Gasteiger partial charge in [-0.2, -0.15) is 5.26 Å². The van der Waals surface area contributed by atoms with E-state index in [4.69, 9.17) is 23.7 Å². The van der Waals surface area contributed by atoms with Gasteiger partial charge < -0.3 is 28.6 Å². The van der Waals surface area contributed by atoms with Crippen LogP contribution in [-0.4, -0.2) is 66.7 Å². The maximum Gasteiger partial charge on any atom is 0.161 e. The van der Waals surface area contributed by atoms with Gasteiger partial charge in [-0.3, -0.25) is 0 Å². The van der Waals surface area contributed by atoms with Crippen molar-refractivity contribution in [2.24, 2.45) is 5.92 Å². The third kappa shape index (κ3) is 6.39. The molecule has 7 heteroatoms. The highest BCUT2D eigenvalue weighted by Crippen LogP contribution is 2.41. The Labute approximate surface area is 210 Å². The van der Waals surface area contributed by atoms with Crippen molar-refractivity contribution in [3.63, 3.8) is 0 Å². The Kier molecular flexibility index (Phi) is 10.7. The second kappa shape index (κ2) is 13.2. The van der Waals surface area contributed by atoms with Gasteiger partial charge in [-0.15, -0.1) is 0 Å². The predicted octanol–water partition coefficient (Wildman–Crippen LogP) is 4.72. The lowest BCUT2D eigenvalue weighted by molar-refractivity contribution is 0.0226. The average Bonchev–Trinajstić information content (AvgIpc) is 2.88. The van der Waals surface area contributed by atoms with Crippen molar-refractivity contribution in [3.05, 3.63) is 47.5 Å². The maximum atomic E-state index is 10.5. The lowest BCUT2D eigenvalue weighted by Gasteiger charge is -2.39. The van der Waals surface area contributed by atoms with Crippen LogP contribution in [0.25, 0.3) is 0 Å². The van der Waals surface area contributed by atoms with E-state index in [9.17, 15) is 5.26 Å². The smallest absolute Gasteiger partial charge is 0.161 e. The van der Waals surface area contributed by atoms with Gasteiger partial charge in [0, 0.05) is 20.2 Å². The summed E-state index contributed by atoms with van der Waals surface area (Å²) in [5.74, 6) is 2.72. The molecule has 0 aliphatic heterocycles. The normalized spacial score (nSPS) is 13.7. The Bertz CT molecular complexity index is 988. The van der Waals surface area contributed by atoms with E-state index in [0.717, 1.165) is 36.6 Å². The Balaban J connectivity index is 2.16. The molecule has 0 aromatic heterocycles. The van der Waals surface area contributed by atoms with E-state index in [2.05, 4.69) is 37.9 Å². The molecular formula is C28H40N2O5. The lowest BCUT2D eigenvalue weighted by atomic mass is 9.67. The predicted molar refractivity (Wildman–Crippen MR) is 138 cm³/mol. The number of hydrogen-bond donors (Lipinski definition) is 0. The van der Waals surface area contributed by atoms with E-state index in [1.807, 2.05) is 30.3 Å². The zero-order valence-corrected chi connectivity index (χ0v) is 22.4. The standard InChI is InChI=1S/C28H40N2O5/c1-20(2)28(19-29,22-10-12-24(32-5)26(18-22)34-7)27(35-8)14-16-30(3)15-13-21-9-11-23(31-4)25(17-21)33-6/h9-12,17-18,20,27H,13-16H2,1-8H3/t27-,28-/m0/s1. The number of likely N-dealkylation sites (N-methyl/N-ethyl adjacent to an activating group) is 1. The number of benzene rings is 2. The minimum atomic E-state index is -0.835. The monoisotopic (exact) mass is 484 g/mol. The number of rotatable bonds is 14. The van der Waals surface area contributed by atoms with Gasteiger partial charge in [-0.05, 0) is 61.2 Å². The molecule has 0 radical (unpaired) electrons. The van der Waals surface area contributed by atoms with E-state index in [-0.39, 0.29) is 12.0 Å². The summed E-state index contributed by atoms with van der Waals surface area (Å²) in [6, 6.07) is 14.3. The number of hydrogen-bond acceptors (Lipinski definition) is 7. The largest absolute Gasteiger partial charge is 0.493 e. The molecule has 2 aromatic rings. The first kappa shape index (κ1) is 28.3. The van der Waals surface area contributed by atoms with Crippen molar-refractivity contribution in [2.45, 2.75) is 38.2 Å². The van der Waals surface area contributed by atoms with Gasteiger partial charge in [-0.25, -0.2) is 0 Å². The zero-order valence-electron chi connectivity index (χ0n) is 22.4. The first-order valence-electron chi connectivity index (χ1n) is 11.9. The third-order valence-electron chi connectivity index (χ3n) is 6.75. The average molecular weight is 485 g/mol. The number of nitrogens with zero attached hydrogens (tertiary/aromatic N) is 2. The summed E-state index contributed by atoms with van der Waals surface area (Å²) in [6.07, 6.45) is 1.28. The zero-order chi connectivity index (χ0) is 26.0. The topological polar surface area (TPSA) is 73.2 Å². The van der Waals surface area contributed by atoms with Crippen LogP contribution < -0.4 is 18.9 Å². The molecule has 2 atom stereocenters. The van der Waals surface area contributed by atoms with Crippen molar-refractivity contribution >= 4 is 0 Å². The molecule has 0 amide bonds. The molecule has 0 aliphatic rings. The highest BCUT2D eigenvalue weighted by Gasteiger charge is 2.44. The summed E-state index contributed by atoms with van der Waals surface area (Å²) in [5.41, 5.74) is 1.21. The van der Waals surface area contributed by atoms with Crippen LogP contribution in [0.2, 0.25) is 0 Å². The van der Waals surface area contributed by atoms with Crippen molar-refractivity contribution in [2.75, 3.05) is 55.7 Å². The van der Waals surface area contributed by atoms with Gasteiger partial charge in [0.25, 0.3) is 0 Å². The lowest BCUT2D eigenvalue weighted by Crippen LogP contribution is -2.45. The molecule has 7 nitrogen and oxygen atoms in total. The fourth-order valence-corrected chi connectivity index (χ4v) is 4.59. The van der Waals surface area contributed by atoms with E-state index in [1.165, 1.54) is 5.56 Å². The highest BCUT2D eigenvalue weighted by atomic mass is 16.5. The minimum absolute atomic E-state index is 0.0209. The number of nitriles is 1. The molecule has 0 unspecified atom stereocenters. The van der Waals surface area contributed by atoms with Crippen LogP contribution in [0.1, 0.15) is 31.4 Å². The highest BCUT2D eigenvalue weighted by molar-refractivity contribution is 5.48. The van der Waals surface area contributed by atoms with Crippen LogP contribution in [0, 0.1) is 17.2 Å². The van der Waals surface area contributed by atoms with E-state index >= 15 is 0 Å². The molecule has 0 aliphatic carbocycles. The molecule has 0 fully saturated rings. The third-order valence-corrected chi connectivity index (χ3v) is 6.75. The van der Waals surface area contributed by atoms with Crippen molar-refractivity contribution in [1.82, 2.24) is 4.90 Å². The SMILES string of the molecule is COc1ccc(CCN(C)CC[C@H](OC)[C@](C#N)(c2ccc(OC)c(OC)c2)C(C)C)cc1OC. The second-order valence-electron chi connectivity index (χ2n) is 8.96.